The second kappa shape index (κ2) is 3.81. The largest absolute Gasteiger partial charge is 0.324 e. The second-order valence-corrected chi connectivity index (χ2v) is 5.25. The summed E-state index contributed by atoms with van der Waals surface area (Å²) in [5.41, 5.74) is 7.16. The summed E-state index contributed by atoms with van der Waals surface area (Å²) in [5.74, 6) is 0.536. The molecule has 0 amide bonds. The lowest BCUT2D eigenvalue weighted by atomic mass is 10.1. The highest BCUT2D eigenvalue weighted by Crippen LogP contribution is 2.27. The Balaban J connectivity index is 2.81. The zero-order valence-corrected chi connectivity index (χ0v) is 10.7. The van der Waals surface area contributed by atoms with Gasteiger partial charge in [-0.15, -0.1) is 0 Å². The molecule has 92 valence electrons. The summed E-state index contributed by atoms with van der Waals surface area (Å²) >= 11 is 0. The van der Waals surface area contributed by atoms with E-state index in [0.29, 0.717) is 0 Å². The fraction of sp³-hybridized carbons (Fsp3) is 0.462. The number of imidazole rings is 1. The first kappa shape index (κ1) is 12.0. The number of hydrogen-bond donors (Lipinski definition) is 1. The number of fused-ring (bicyclic) bond motifs is 1. The first-order valence-electron chi connectivity index (χ1n) is 5.77. The van der Waals surface area contributed by atoms with Gasteiger partial charge in [0.15, 0.2) is 0 Å². The molecule has 2 rings (SSSR count). The number of rotatable bonds is 2. The fourth-order valence-corrected chi connectivity index (χ4v) is 2.04. The van der Waals surface area contributed by atoms with Crippen LogP contribution in [0.15, 0.2) is 18.2 Å². The van der Waals surface area contributed by atoms with E-state index in [1.807, 2.05) is 32.3 Å². The number of hydrogen-bond acceptors (Lipinski definition) is 2. The number of nitrogens with two attached hydrogens (primary N) is 1. The summed E-state index contributed by atoms with van der Waals surface area (Å²) in [6.07, 6.45) is 0. The number of halogens is 1. The molecule has 0 radical (unpaired) electrons. The van der Waals surface area contributed by atoms with E-state index in [0.717, 1.165) is 16.9 Å². The lowest BCUT2D eigenvalue weighted by Gasteiger charge is -2.22. The molecule has 0 spiro atoms. The maximum atomic E-state index is 13.3. The van der Waals surface area contributed by atoms with Gasteiger partial charge in [-0.05, 0) is 45.9 Å². The van der Waals surface area contributed by atoms with E-state index in [4.69, 9.17) is 5.73 Å². The standard InChI is InChI=1S/C13H18FN3/c1-8(2)17-11-7-9(14)5-6-10(11)16-12(17)13(3,4)15/h5-8H,15H2,1-4H3. The van der Waals surface area contributed by atoms with Gasteiger partial charge in [-0.1, -0.05) is 0 Å². The van der Waals surface area contributed by atoms with Gasteiger partial charge in [0.1, 0.15) is 11.6 Å². The van der Waals surface area contributed by atoms with Crippen molar-refractivity contribution in [3.8, 4) is 0 Å². The van der Waals surface area contributed by atoms with Crippen molar-refractivity contribution in [2.75, 3.05) is 0 Å². The van der Waals surface area contributed by atoms with Crippen LogP contribution in [0.1, 0.15) is 39.6 Å². The molecule has 0 aliphatic heterocycles. The number of nitrogens with zero attached hydrogens (tertiary/aromatic N) is 2. The van der Waals surface area contributed by atoms with Crippen LogP contribution in [-0.2, 0) is 5.54 Å². The maximum Gasteiger partial charge on any atom is 0.129 e. The SMILES string of the molecule is CC(C)n1c(C(C)(C)N)nc2ccc(F)cc21. The van der Waals surface area contributed by atoms with Gasteiger partial charge in [-0.25, -0.2) is 9.37 Å². The van der Waals surface area contributed by atoms with E-state index in [2.05, 4.69) is 4.98 Å². The third-order valence-corrected chi connectivity index (χ3v) is 2.74. The van der Waals surface area contributed by atoms with Crippen LogP contribution < -0.4 is 5.73 Å². The molecule has 0 atom stereocenters. The van der Waals surface area contributed by atoms with Crippen molar-refractivity contribution >= 4 is 11.0 Å². The monoisotopic (exact) mass is 235 g/mol. The van der Waals surface area contributed by atoms with E-state index in [1.165, 1.54) is 12.1 Å². The van der Waals surface area contributed by atoms with Crippen molar-refractivity contribution in [3.05, 3.63) is 29.8 Å². The predicted molar refractivity (Wildman–Crippen MR) is 67.3 cm³/mol. The van der Waals surface area contributed by atoms with Gasteiger partial charge in [0.05, 0.1) is 16.6 Å². The number of aromatic nitrogens is 2. The highest BCUT2D eigenvalue weighted by Gasteiger charge is 2.24. The Kier molecular flexibility index (Phi) is 2.70. The van der Waals surface area contributed by atoms with Crippen LogP contribution in [-0.4, -0.2) is 9.55 Å². The van der Waals surface area contributed by atoms with E-state index in [-0.39, 0.29) is 11.9 Å². The zero-order valence-electron chi connectivity index (χ0n) is 10.7. The molecule has 0 bridgehead atoms. The van der Waals surface area contributed by atoms with Crippen molar-refractivity contribution in [1.29, 1.82) is 0 Å². The van der Waals surface area contributed by atoms with Crippen molar-refractivity contribution in [2.45, 2.75) is 39.3 Å². The van der Waals surface area contributed by atoms with E-state index in [9.17, 15) is 4.39 Å². The Hall–Kier alpha value is -1.42. The van der Waals surface area contributed by atoms with E-state index >= 15 is 0 Å². The molecule has 17 heavy (non-hydrogen) atoms. The van der Waals surface area contributed by atoms with Crippen LogP contribution in [0.25, 0.3) is 11.0 Å². The van der Waals surface area contributed by atoms with Crippen molar-refractivity contribution in [1.82, 2.24) is 9.55 Å². The molecule has 2 aromatic rings. The van der Waals surface area contributed by atoms with E-state index in [1.54, 1.807) is 6.07 Å². The Morgan fingerprint density at radius 2 is 2.00 bits per heavy atom. The summed E-state index contributed by atoms with van der Waals surface area (Å²) in [4.78, 5) is 4.52. The summed E-state index contributed by atoms with van der Waals surface area (Å²) < 4.78 is 15.3. The van der Waals surface area contributed by atoms with Crippen LogP contribution in [0.4, 0.5) is 4.39 Å². The Bertz CT molecular complexity index is 550. The lowest BCUT2D eigenvalue weighted by molar-refractivity contribution is 0.457. The lowest BCUT2D eigenvalue weighted by Crippen LogP contribution is -2.33. The number of benzene rings is 1. The summed E-state index contributed by atoms with van der Waals surface area (Å²) in [6, 6.07) is 4.82. The molecule has 0 unspecified atom stereocenters. The minimum atomic E-state index is -0.542. The van der Waals surface area contributed by atoms with Crippen LogP contribution in [0.2, 0.25) is 0 Å². The molecule has 4 heteroatoms. The van der Waals surface area contributed by atoms with Crippen LogP contribution in [0.3, 0.4) is 0 Å². The van der Waals surface area contributed by atoms with Gasteiger partial charge < -0.3 is 10.3 Å². The molecule has 1 aromatic heterocycles. The van der Waals surface area contributed by atoms with Crippen LogP contribution in [0, 0.1) is 5.82 Å². The highest BCUT2D eigenvalue weighted by molar-refractivity contribution is 5.76. The Labute approximate surface area is 100 Å². The van der Waals surface area contributed by atoms with Crippen LogP contribution in [0.5, 0.6) is 0 Å². The third kappa shape index (κ3) is 2.05. The first-order chi connectivity index (χ1) is 7.80. The summed E-state index contributed by atoms with van der Waals surface area (Å²) in [6.45, 7) is 7.90. The fourth-order valence-electron chi connectivity index (χ4n) is 2.04. The molecule has 0 fully saturated rings. The van der Waals surface area contributed by atoms with Gasteiger partial charge in [0, 0.05) is 6.04 Å². The molecule has 3 nitrogen and oxygen atoms in total. The minimum Gasteiger partial charge on any atom is -0.324 e. The Morgan fingerprint density at radius 3 is 2.53 bits per heavy atom. The van der Waals surface area contributed by atoms with Gasteiger partial charge in [-0.3, -0.25) is 0 Å². The first-order valence-corrected chi connectivity index (χ1v) is 5.77. The highest BCUT2D eigenvalue weighted by atomic mass is 19.1. The van der Waals surface area contributed by atoms with Gasteiger partial charge in [0.25, 0.3) is 0 Å². The van der Waals surface area contributed by atoms with Crippen molar-refractivity contribution < 1.29 is 4.39 Å². The van der Waals surface area contributed by atoms with Crippen LogP contribution >= 0.6 is 0 Å². The quantitative estimate of drug-likeness (QED) is 0.869. The average molecular weight is 235 g/mol. The molecule has 2 N–H and O–H groups in total. The molecule has 0 saturated heterocycles. The topological polar surface area (TPSA) is 43.8 Å². The summed E-state index contributed by atoms with van der Waals surface area (Å²) in [7, 11) is 0. The molecule has 1 aromatic carbocycles. The minimum absolute atomic E-state index is 0.194. The molecular weight excluding hydrogens is 217 g/mol. The molecule has 0 aliphatic carbocycles. The van der Waals surface area contributed by atoms with Gasteiger partial charge >= 0.3 is 0 Å². The normalized spacial score (nSPS) is 12.6. The zero-order chi connectivity index (χ0) is 12.8. The van der Waals surface area contributed by atoms with Crippen molar-refractivity contribution in [3.63, 3.8) is 0 Å². The molecule has 0 saturated carbocycles. The average Bonchev–Trinajstić information content (AvgIpc) is 2.55. The van der Waals surface area contributed by atoms with Gasteiger partial charge in [0.2, 0.25) is 0 Å². The smallest absolute Gasteiger partial charge is 0.129 e. The molecule has 1 heterocycles. The Morgan fingerprint density at radius 1 is 1.35 bits per heavy atom. The van der Waals surface area contributed by atoms with E-state index < -0.39 is 5.54 Å². The predicted octanol–water partition coefficient (Wildman–Crippen LogP) is 2.95. The second-order valence-electron chi connectivity index (χ2n) is 5.25. The van der Waals surface area contributed by atoms with Gasteiger partial charge in [-0.2, -0.15) is 0 Å². The molecule has 0 aliphatic rings. The summed E-state index contributed by atoms with van der Waals surface area (Å²) in [5, 5.41) is 0. The molecular formula is C13H18FN3. The maximum absolute atomic E-state index is 13.3. The van der Waals surface area contributed by atoms with Crippen molar-refractivity contribution in [2.24, 2.45) is 5.73 Å². The third-order valence-electron chi connectivity index (χ3n) is 2.74.